The summed E-state index contributed by atoms with van der Waals surface area (Å²) in [5.41, 5.74) is -0.986. The summed E-state index contributed by atoms with van der Waals surface area (Å²) >= 11 is 0. The lowest BCUT2D eigenvalue weighted by atomic mass is 9.96. The molecule has 0 amide bonds. The molecule has 0 fully saturated rings. The van der Waals surface area contributed by atoms with Gasteiger partial charge in [-0.3, -0.25) is 9.59 Å². The zero-order valence-corrected chi connectivity index (χ0v) is 9.96. The first-order valence-corrected chi connectivity index (χ1v) is 5.01. The zero-order chi connectivity index (χ0) is 14.1. The number of carbonyl (C=O) groups is 2. The Balaban J connectivity index is 0. The Bertz CT molecular complexity index is 237. The first-order chi connectivity index (χ1) is 7.72. The Morgan fingerprint density at radius 3 is 1.65 bits per heavy atom. The Morgan fingerprint density at radius 1 is 1.12 bits per heavy atom. The smallest absolute Gasteiger partial charge is 0.311 e. The summed E-state index contributed by atoms with van der Waals surface area (Å²) in [4.78, 5) is 20.1. The predicted octanol–water partition coefficient (Wildman–Crippen LogP) is -0.849. The molecule has 0 saturated carbocycles. The number of aliphatic hydroxyl groups is 3. The molecule has 0 saturated heterocycles. The molecule has 0 radical (unpaired) electrons. The van der Waals surface area contributed by atoms with Crippen molar-refractivity contribution < 1.29 is 35.1 Å². The number of hydrogen-bond acceptors (Lipinski definition) is 5. The highest BCUT2D eigenvalue weighted by molar-refractivity contribution is 5.73. The number of aliphatic carboxylic acids is 2. The van der Waals surface area contributed by atoms with E-state index >= 15 is 0 Å². The topological polar surface area (TPSA) is 135 Å². The van der Waals surface area contributed by atoms with Gasteiger partial charge in [-0.15, -0.1) is 0 Å². The molecule has 1 atom stereocenters. The van der Waals surface area contributed by atoms with Crippen LogP contribution in [0.15, 0.2) is 0 Å². The summed E-state index contributed by atoms with van der Waals surface area (Å²) in [7, 11) is 0. The monoisotopic (exact) mass is 252 g/mol. The van der Waals surface area contributed by atoms with Crippen molar-refractivity contribution in [3.63, 3.8) is 0 Å². The van der Waals surface area contributed by atoms with Gasteiger partial charge in [-0.1, -0.05) is 0 Å². The molecule has 0 aliphatic rings. The van der Waals surface area contributed by atoms with Crippen LogP contribution in [0.3, 0.4) is 0 Å². The van der Waals surface area contributed by atoms with E-state index in [1.807, 2.05) is 0 Å². The van der Waals surface area contributed by atoms with Crippen LogP contribution in [-0.2, 0) is 9.59 Å². The molecule has 0 aliphatic carbocycles. The molecular formula is C10H20O7. The van der Waals surface area contributed by atoms with Gasteiger partial charge in [0.05, 0.1) is 24.5 Å². The lowest BCUT2D eigenvalue weighted by molar-refractivity contribution is -0.149. The van der Waals surface area contributed by atoms with Crippen LogP contribution in [0.4, 0.5) is 0 Å². The summed E-state index contributed by atoms with van der Waals surface area (Å²) in [6.07, 6.45) is 0.117. The van der Waals surface area contributed by atoms with Gasteiger partial charge in [-0.05, 0) is 20.3 Å². The molecule has 0 spiro atoms. The van der Waals surface area contributed by atoms with Gasteiger partial charge in [0.1, 0.15) is 0 Å². The van der Waals surface area contributed by atoms with E-state index in [4.69, 9.17) is 25.5 Å². The Labute approximate surface area is 99.3 Å². The number of aliphatic hydroxyl groups excluding tert-OH is 3. The maximum absolute atomic E-state index is 10.1. The third kappa shape index (κ3) is 8.61. The molecule has 1 unspecified atom stereocenters. The van der Waals surface area contributed by atoms with E-state index in [0.717, 1.165) is 0 Å². The first-order valence-electron chi connectivity index (χ1n) is 5.01. The van der Waals surface area contributed by atoms with Crippen molar-refractivity contribution in [2.75, 3.05) is 19.8 Å². The maximum Gasteiger partial charge on any atom is 0.311 e. The normalized spacial score (nSPS) is 12.3. The standard InChI is InChI=1S/C5H10O4.C5H10O3/c6-2-1-4(3-7)5(8)9;1-5(2,3-6)4(7)8/h4,6-7H,1-3H2,(H,8,9);6H,3H2,1-2H3,(H,7,8). The molecule has 0 aromatic rings. The maximum atomic E-state index is 10.1. The highest BCUT2D eigenvalue weighted by atomic mass is 16.4. The van der Waals surface area contributed by atoms with Crippen LogP contribution < -0.4 is 0 Å². The van der Waals surface area contributed by atoms with E-state index in [1.165, 1.54) is 13.8 Å². The average molecular weight is 252 g/mol. The van der Waals surface area contributed by atoms with Crippen LogP contribution in [0, 0.1) is 11.3 Å². The molecule has 0 aromatic carbocycles. The van der Waals surface area contributed by atoms with Crippen molar-refractivity contribution >= 4 is 11.9 Å². The van der Waals surface area contributed by atoms with Gasteiger partial charge in [0.15, 0.2) is 0 Å². The lowest BCUT2D eigenvalue weighted by Crippen LogP contribution is -2.27. The minimum atomic E-state index is -1.06. The molecular weight excluding hydrogens is 232 g/mol. The van der Waals surface area contributed by atoms with Crippen molar-refractivity contribution in [3.05, 3.63) is 0 Å². The second-order valence-electron chi connectivity index (χ2n) is 4.08. The van der Waals surface area contributed by atoms with Crippen molar-refractivity contribution in [2.45, 2.75) is 20.3 Å². The van der Waals surface area contributed by atoms with Gasteiger partial charge in [0.2, 0.25) is 0 Å². The van der Waals surface area contributed by atoms with Gasteiger partial charge in [-0.2, -0.15) is 0 Å². The van der Waals surface area contributed by atoms with Crippen molar-refractivity contribution in [3.8, 4) is 0 Å². The van der Waals surface area contributed by atoms with Crippen LogP contribution in [0.2, 0.25) is 0 Å². The molecule has 7 heteroatoms. The highest BCUT2D eigenvalue weighted by Crippen LogP contribution is 2.12. The first kappa shape index (κ1) is 18.2. The van der Waals surface area contributed by atoms with Gasteiger partial charge >= 0.3 is 11.9 Å². The van der Waals surface area contributed by atoms with Crippen LogP contribution in [0.25, 0.3) is 0 Å². The summed E-state index contributed by atoms with van der Waals surface area (Å²) in [6.45, 7) is 2.01. The second kappa shape index (κ2) is 8.91. The van der Waals surface area contributed by atoms with Crippen LogP contribution in [-0.4, -0.2) is 57.3 Å². The fourth-order valence-electron chi connectivity index (χ4n) is 0.516. The number of rotatable bonds is 6. The Morgan fingerprint density at radius 2 is 1.59 bits per heavy atom. The molecule has 0 bridgehead atoms. The van der Waals surface area contributed by atoms with Gasteiger partial charge in [-0.25, -0.2) is 0 Å². The molecule has 17 heavy (non-hydrogen) atoms. The molecule has 0 rings (SSSR count). The zero-order valence-electron chi connectivity index (χ0n) is 9.96. The minimum Gasteiger partial charge on any atom is -0.481 e. The number of carboxylic acids is 2. The van der Waals surface area contributed by atoms with Crippen LogP contribution in [0.5, 0.6) is 0 Å². The summed E-state index contributed by atoms with van der Waals surface area (Å²) in [5.74, 6) is -2.85. The van der Waals surface area contributed by atoms with Crippen LogP contribution in [0.1, 0.15) is 20.3 Å². The number of carboxylic acid groups (broad SMARTS) is 2. The summed E-state index contributed by atoms with van der Waals surface area (Å²) < 4.78 is 0. The van der Waals surface area contributed by atoms with E-state index in [9.17, 15) is 9.59 Å². The van der Waals surface area contributed by atoms with E-state index in [-0.39, 0.29) is 19.6 Å². The predicted molar refractivity (Wildman–Crippen MR) is 58.4 cm³/mol. The van der Waals surface area contributed by atoms with E-state index in [1.54, 1.807) is 0 Å². The van der Waals surface area contributed by atoms with E-state index < -0.39 is 29.9 Å². The Hall–Kier alpha value is -1.18. The van der Waals surface area contributed by atoms with E-state index in [0.29, 0.717) is 0 Å². The van der Waals surface area contributed by atoms with Gasteiger partial charge < -0.3 is 25.5 Å². The summed E-state index contributed by atoms with van der Waals surface area (Å²) in [5, 5.41) is 41.5. The van der Waals surface area contributed by atoms with Crippen molar-refractivity contribution in [2.24, 2.45) is 11.3 Å². The minimum absolute atomic E-state index is 0.117. The van der Waals surface area contributed by atoms with Crippen molar-refractivity contribution in [1.82, 2.24) is 0 Å². The lowest BCUT2D eigenvalue weighted by Gasteiger charge is -2.13. The summed E-state index contributed by atoms with van der Waals surface area (Å²) in [6, 6.07) is 0. The molecule has 7 nitrogen and oxygen atoms in total. The SMILES string of the molecule is CC(C)(CO)C(=O)O.O=C(O)C(CO)CCO. The number of hydrogen-bond donors (Lipinski definition) is 5. The fourth-order valence-corrected chi connectivity index (χ4v) is 0.516. The molecule has 0 heterocycles. The third-order valence-corrected chi connectivity index (χ3v) is 2.02. The Kier molecular flexibility index (Phi) is 9.54. The van der Waals surface area contributed by atoms with E-state index in [2.05, 4.69) is 0 Å². The van der Waals surface area contributed by atoms with Crippen LogP contribution >= 0.6 is 0 Å². The molecule has 0 aromatic heterocycles. The second-order valence-corrected chi connectivity index (χ2v) is 4.08. The van der Waals surface area contributed by atoms with Crippen molar-refractivity contribution in [1.29, 1.82) is 0 Å². The third-order valence-electron chi connectivity index (χ3n) is 2.02. The largest absolute Gasteiger partial charge is 0.481 e. The highest BCUT2D eigenvalue weighted by Gasteiger charge is 2.25. The van der Waals surface area contributed by atoms with Gasteiger partial charge in [0, 0.05) is 6.61 Å². The average Bonchev–Trinajstić information content (AvgIpc) is 2.26. The van der Waals surface area contributed by atoms with Gasteiger partial charge in [0.25, 0.3) is 0 Å². The molecule has 0 aliphatic heterocycles. The molecule has 102 valence electrons. The molecule has 5 N–H and O–H groups in total. The quantitative estimate of drug-likeness (QED) is 0.415. The fraction of sp³-hybridized carbons (Fsp3) is 0.800.